The number of hydrogen-bond donors (Lipinski definition) is 0. The summed E-state index contributed by atoms with van der Waals surface area (Å²) in [5.74, 6) is -0.224. The molecule has 2 atom stereocenters. The molecule has 1 aliphatic heterocycles. The minimum Gasteiger partial charge on any atom is -0.468 e. The van der Waals surface area contributed by atoms with Crippen molar-refractivity contribution in [2.24, 2.45) is 0 Å². The first-order chi connectivity index (χ1) is 8.72. The van der Waals surface area contributed by atoms with Crippen molar-refractivity contribution in [2.45, 2.75) is 25.6 Å². The SMILES string of the molecule is COC(=O)[C@@H]1[C@@H](C)OCCN1Cc1ccccc1. The molecule has 1 aliphatic rings. The maximum atomic E-state index is 11.8. The Morgan fingerprint density at radius 1 is 1.44 bits per heavy atom. The number of benzene rings is 1. The Hall–Kier alpha value is -1.39. The van der Waals surface area contributed by atoms with E-state index in [2.05, 4.69) is 17.0 Å². The van der Waals surface area contributed by atoms with E-state index < -0.39 is 0 Å². The minimum absolute atomic E-state index is 0.130. The van der Waals surface area contributed by atoms with E-state index >= 15 is 0 Å². The van der Waals surface area contributed by atoms with Gasteiger partial charge in [0.15, 0.2) is 0 Å². The monoisotopic (exact) mass is 249 g/mol. The van der Waals surface area contributed by atoms with Gasteiger partial charge < -0.3 is 9.47 Å². The molecule has 0 spiro atoms. The maximum Gasteiger partial charge on any atom is 0.325 e. The number of methoxy groups -OCH3 is 1. The third-order valence-corrected chi connectivity index (χ3v) is 3.27. The highest BCUT2D eigenvalue weighted by atomic mass is 16.5. The van der Waals surface area contributed by atoms with Gasteiger partial charge in [0.1, 0.15) is 6.04 Å². The summed E-state index contributed by atoms with van der Waals surface area (Å²) in [4.78, 5) is 14.0. The predicted octanol–water partition coefficient (Wildman–Crippen LogP) is 1.45. The fourth-order valence-corrected chi connectivity index (χ4v) is 2.34. The lowest BCUT2D eigenvalue weighted by molar-refractivity contribution is -0.160. The van der Waals surface area contributed by atoms with Crippen molar-refractivity contribution in [3.63, 3.8) is 0 Å². The first-order valence-electron chi connectivity index (χ1n) is 6.20. The Balaban J connectivity index is 2.11. The van der Waals surface area contributed by atoms with E-state index in [0.29, 0.717) is 6.61 Å². The van der Waals surface area contributed by atoms with Gasteiger partial charge in [0, 0.05) is 13.1 Å². The number of carbonyl (C=O) groups excluding carboxylic acids is 1. The van der Waals surface area contributed by atoms with Gasteiger partial charge in [-0.1, -0.05) is 30.3 Å². The van der Waals surface area contributed by atoms with Gasteiger partial charge in [-0.25, -0.2) is 0 Å². The van der Waals surface area contributed by atoms with Crippen molar-refractivity contribution in [2.75, 3.05) is 20.3 Å². The van der Waals surface area contributed by atoms with Gasteiger partial charge in [-0.3, -0.25) is 9.69 Å². The van der Waals surface area contributed by atoms with Crippen LogP contribution in [-0.4, -0.2) is 43.3 Å². The molecule has 98 valence electrons. The van der Waals surface area contributed by atoms with Crippen molar-refractivity contribution < 1.29 is 14.3 Å². The van der Waals surface area contributed by atoms with Crippen LogP contribution < -0.4 is 0 Å². The normalized spacial score (nSPS) is 24.8. The Kier molecular flexibility index (Phi) is 4.33. The van der Waals surface area contributed by atoms with Crippen LogP contribution in [0.5, 0.6) is 0 Å². The lowest BCUT2D eigenvalue weighted by atomic mass is 10.1. The van der Waals surface area contributed by atoms with Gasteiger partial charge in [0.2, 0.25) is 0 Å². The summed E-state index contributed by atoms with van der Waals surface area (Å²) in [6.45, 7) is 4.06. The van der Waals surface area contributed by atoms with Gasteiger partial charge in [-0.2, -0.15) is 0 Å². The van der Waals surface area contributed by atoms with Crippen LogP contribution in [0, 0.1) is 0 Å². The van der Waals surface area contributed by atoms with E-state index in [1.807, 2.05) is 25.1 Å². The van der Waals surface area contributed by atoms with Gasteiger partial charge in [0.25, 0.3) is 0 Å². The molecule has 18 heavy (non-hydrogen) atoms. The molecular formula is C14H19NO3. The predicted molar refractivity (Wildman–Crippen MR) is 68.1 cm³/mol. The second-order valence-electron chi connectivity index (χ2n) is 4.50. The first kappa shape index (κ1) is 13.1. The summed E-state index contributed by atoms with van der Waals surface area (Å²) in [6, 6.07) is 9.81. The maximum absolute atomic E-state index is 11.8. The number of esters is 1. The van der Waals surface area contributed by atoms with Crippen molar-refractivity contribution in [3.05, 3.63) is 35.9 Å². The van der Waals surface area contributed by atoms with E-state index in [1.54, 1.807) is 0 Å². The fourth-order valence-electron chi connectivity index (χ4n) is 2.34. The van der Waals surface area contributed by atoms with Crippen molar-refractivity contribution in [1.29, 1.82) is 0 Å². The number of morpholine rings is 1. The number of carbonyl (C=O) groups is 1. The summed E-state index contributed by atoms with van der Waals surface area (Å²) < 4.78 is 10.4. The van der Waals surface area contributed by atoms with Crippen molar-refractivity contribution in [3.8, 4) is 0 Å². The van der Waals surface area contributed by atoms with Gasteiger partial charge in [0.05, 0.1) is 19.8 Å². The van der Waals surface area contributed by atoms with Crippen LogP contribution in [-0.2, 0) is 20.8 Å². The fraction of sp³-hybridized carbons (Fsp3) is 0.500. The number of hydrogen-bond acceptors (Lipinski definition) is 4. The van der Waals surface area contributed by atoms with Gasteiger partial charge in [-0.05, 0) is 12.5 Å². The minimum atomic E-state index is -0.316. The second kappa shape index (κ2) is 5.98. The topological polar surface area (TPSA) is 38.8 Å². The van der Waals surface area contributed by atoms with Crippen molar-refractivity contribution in [1.82, 2.24) is 4.90 Å². The van der Waals surface area contributed by atoms with Crippen LogP contribution in [0.3, 0.4) is 0 Å². The molecule has 0 N–H and O–H groups in total. The zero-order valence-electron chi connectivity index (χ0n) is 10.8. The molecule has 0 radical (unpaired) electrons. The highest BCUT2D eigenvalue weighted by Gasteiger charge is 2.35. The summed E-state index contributed by atoms with van der Waals surface area (Å²) in [5.41, 5.74) is 1.19. The van der Waals surface area contributed by atoms with Crippen LogP contribution in [0.4, 0.5) is 0 Å². The van der Waals surface area contributed by atoms with E-state index in [-0.39, 0.29) is 18.1 Å². The number of rotatable bonds is 3. The Labute approximate surface area is 107 Å². The molecular weight excluding hydrogens is 230 g/mol. The van der Waals surface area contributed by atoms with Crippen molar-refractivity contribution >= 4 is 5.97 Å². The quantitative estimate of drug-likeness (QED) is 0.760. The van der Waals surface area contributed by atoms with E-state index in [1.165, 1.54) is 12.7 Å². The second-order valence-corrected chi connectivity index (χ2v) is 4.50. The Bertz CT molecular complexity index is 393. The third kappa shape index (κ3) is 2.89. The molecule has 2 rings (SSSR count). The first-order valence-corrected chi connectivity index (χ1v) is 6.20. The highest BCUT2D eigenvalue weighted by molar-refractivity contribution is 5.76. The molecule has 0 saturated carbocycles. The van der Waals surface area contributed by atoms with Crippen LogP contribution in [0.15, 0.2) is 30.3 Å². The smallest absolute Gasteiger partial charge is 0.325 e. The molecule has 1 fully saturated rings. The summed E-state index contributed by atoms with van der Waals surface area (Å²) in [6.07, 6.45) is -0.130. The molecule has 0 amide bonds. The van der Waals surface area contributed by atoms with E-state index in [9.17, 15) is 4.79 Å². The number of nitrogens with zero attached hydrogens (tertiary/aromatic N) is 1. The summed E-state index contributed by atoms with van der Waals surface area (Å²) in [5, 5.41) is 0. The molecule has 1 aromatic rings. The molecule has 0 bridgehead atoms. The lowest BCUT2D eigenvalue weighted by Gasteiger charge is -2.37. The highest BCUT2D eigenvalue weighted by Crippen LogP contribution is 2.18. The largest absolute Gasteiger partial charge is 0.468 e. The number of ether oxygens (including phenoxy) is 2. The Morgan fingerprint density at radius 3 is 2.83 bits per heavy atom. The lowest BCUT2D eigenvalue weighted by Crippen LogP contribution is -2.54. The zero-order valence-corrected chi connectivity index (χ0v) is 10.8. The van der Waals surface area contributed by atoms with E-state index in [0.717, 1.165) is 13.1 Å². The third-order valence-electron chi connectivity index (χ3n) is 3.27. The summed E-state index contributed by atoms with van der Waals surface area (Å²) >= 11 is 0. The molecule has 0 aromatic heterocycles. The van der Waals surface area contributed by atoms with Crippen LogP contribution in [0.1, 0.15) is 12.5 Å². The molecule has 1 saturated heterocycles. The molecule has 1 aromatic carbocycles. The Morgan fingerprint density at radius 2 is 2.17 bits per heavy atom. The standard InChI is InChI=1S/C14H19NO3/c1-11-13(14(16)17-2)15(8-9-18-11)10-12-6-4-3-5-7-12/h3-7,11,13H,8-10H2,1-2H3/t11-,13+/m1/s1. The zero-order chi connectivity index (χ0) is 13.0. The molecule has 4 nitrogen and oxygen atoms in total. The van der Waals surface area contributed by atoms with E-state index in [4.69, 9.17) is 9.47 Å². The molecule has 0 unspecified atom stereocenters. The van der Waals surface area contributed by atoms with Crippen LogP contribution >= 0.6 is 0 Å². The van der Waals surface area contributed by atoms with Crippen LogP contribution in [0.2, 0.25) is 0 Å². The molecule has 1 heterocycles. The summed E-state index contributed by atoms with van der Waals surface area (Å²) in [7, 11) is 1.42. The van der Waals surface area contributed by atoms with Crippen LogP contribution in [0.25, 0.3) is 0 Å². The molecule has 0 aliphatic carbocycles. The van der Waals surface area contributed by atoms with Gasteiger partial charge in [-0.15, -0.1) is 0 Å². The average Bonchev–Trinajstić information content (AvgIpc) is 2.39. The average molecular weight is 249 g/mol. The van der Waals surface area contributed by atoms with Gasteiger partial charge >= 0.3 is 5.97 Å². The molecule has 4 heteroatoms.